The Morgan fingerprint density at radius 1 is 1.14 bits per heavy atom. The fourth-order valence-electron chi connectivity index (χ4n) is 1.79. The first-order valence-electron chi connectivity index (χ1n) is 4.68. The Labute approximate surface area is 80.7 Å². The maximum atomic E-state index is 12.2. The first kappa shape index (κ1) is 9.56. The maximum absolute atomic E-state index is 12.2. The van der Waals surface area contributed by atoms with Crippen LogP contribution in [-0.2, 0) is 6.42 Å². The summed E-state index contributed by atoms with van der Waals surface area (Å²) < 4.78 is 36.6. The number of hydrogen-bond donors (Lipinski definition) is 0. The van der Waals surface area contributed by atoms with Gasteiger partial charge in [-0.1, -0.05) is 30.3 Å². The van der Waals surface area contributed by atoms with E-state index < -0.39 is 12.1 Å². The molecule has 0 heterocycles. The van der Waals surface area contributed by atoms with Crippen molar-refractivity contribution in [2.45, 2.75) is 19.0 Å². The second kappa shape index (κ2) is 3.30. The van der Waals surface area contributed by atoms with Crippen LogP contribution in [0.4, 0.5) is 13.2 Å². The van der Waals surface area contributed by atoms with Gasteiger partial charge in [-0.15, -0.1) is 0 Å². The van der Waals surface area contributed by atoms with Crippen molar-refractivity contribution in [3.05, 3.63) is 35.9 Å². The molecule has 1 saturated carbocycles. The lowest BCUT2D eigenvalue weighted by Crippen LogP contribution is -2.12. The molecule has 1 aliphatic rings. The Balaban J connectivity index is 1.91. The number of alkyl halides is 3. The third-order valence-electron chi connectivity index (χ3n) is 2.68. The van der Waals surface area contributed by atoms with Crippen molar-refractivity contribution < 1.29 is 13.2 Å². The van der Waals surface area contributed by atoms with E-state index in [0.717, 1.165) is 5.56 Å². The zero-order valence-corrected chi connectivity index (χ0v) is 7.59. The predicted octanol–water partition coefficient (Wildman–Crippen LogP) is 3.43. The van der Waals surface area contributed by atoms with Crippen molar-refractivity contribution >= 4 is 0 Å². The van der Waals surface area contributed by atoms with E-state index in [-0.39, 0.29) is 5.92 Å². The molecule has 0 saturated heterocycles. The van der Waals surface area contributed by atoms with Crippen molar-refractivity contribution in [2.24, 2.45) is 11.8 Å². The van der Waals surface area contributed by atoms with Crippen LogP contribution in [0.25, 0.3) is 0 Å². The van der Waals surface area contributed by atoms with Crippen LogP contribution >= 0.6 is 0 Å². The van der Waals surface area contributed by atoms with Gasteiger partial charge in [0.15, 0.2) is 0 Å². The monoisotopic (exact) mass is 200 g/mol. The van der Waals surface area contributed by atoms with Crippen molar-refractivity contribution in [3.63, 3.8) is 0 Å². The molecule has 0 N–H and O–H groups in total. The summed E-state index contributed by atoms with van der Waals surface area (Å²) in [5.74, 6) is -1.24. The predicted molar refractivity (Wildman–Crippen MR) is 47.8 cm³/mol. The van der Waals surface area contributed by atoms with Gasteiger partial charge in [-0.25, -0.2) is 0 Å². The van der Waals surface area contributed by atoms with Crippen molar-refractivity contribution in [1.29, 1.82) is 0 Å². The van der Waals surface area contributed by atoms with Crippen molar-refractivity contribution in [3.8, 4) is 0 Å². The second-order valence-corrected chi connectivity index (χ2v) is 3.83. The zero-order chi connectivity index (χ0) is 10.2. The van der Waals surface area contributed by atoms with Crippen LogP contribution < -0.4 is 0 Å². The van der Waals surface area contributed by atoms with E-state index in [4.69, 9.17) is 0 Å². The Kier molecular flexibility index (Phi) is 2.25. The standard InChI is InChI=1S/C11H11F3/c12-11(13,14)10-7-9(10)6-8-4-2-1-3-5-8/h1-5,9-10H,6-7H2/t9-,10-/m0/s1. The highest BCUT2D eigenvalue weighted by Crippen LogP contribution is 2.51. The molecule has 0 amide bonds. The summed E-state index contributed by atoms with van der Waals surface area (Å²) in [4.78, 5) is 0. The molecule has 14 heavy (non-hydrogen) atoms. The minimum Gasteiger partial charge on any atom is -0.171 e. The first-order valence-corrected chi connectivity index (χ1v) is 4.68. The van der Waals surface area contributed by atoms with Gasteiger partial charge in [-0.3, -0.25) is 0 Å². The fraction of sp³-hybridized carbons (Fsp3) is 0.455. The van der Waals surface area contributed by atoms with Crippen LogP contribution in [0.1, 0.15) is 12.0 Å². The molecule has 1 aromatic carbocycles. The normalized spacial score (nSPS) is 26.2. The van der Waals surface area contributed by atoms with Gasteiger partial charge in [0, 0.05) is 0 Å². The van der Waals surface area contributed by atoms with Gasteiger partial charge in [0.05, 0.1) is 5.92 Å². The van der Waals surface area contributed by atoms with Crippen molar-refractivity contribution in [1.82, 2.24) is 0 Å². The third kappa shape index (κ3) is 2.08. The number of halogens is 3. The molecule has 1 aromatic rings. The van der Waals surface area contributed by atoms with Crippen LogP contribution in [0.5, 0.6) is 0 Å². The largest absolute Gasteiger partial charge is 0.392 e. The maximum Gasteiger partial charge on any atom is 0.392 e. The molecule has 0 aliphatic heterocycles. The highest BCUT2D eigenvalue weighted by Gasteiger charge is 2.55. The highest BCUT2D eigenvalue weighted by atomic mass is 19.4. The van der Waals surface area contributed by atoms with E-state index in [2.05, 4.69) is 0 Å². The molecular formula is C11H11F3. The van der Waals surface area contributed by atoms with Crippen LogP contribution in [0, 0.1) is 11.8 Å². The smallest absolute Gasteiger partial charge is 0.171 e. The average molecular weight is 200 g/mol. The third-order valence-corrected chi connectivity index (χ3v) is 2.68. The summed E-state index contributed by atoms with van der Waals surface area (Å²) in [6, 6.07) is 9.36. The summed E-state index contributed by atoms with van der Waals surface area (Å²) in [5.41, 5.74) is 1.00. The Morgan fingerprint density at radius 2 is 1.79 bits per heavy atom. The van der Waals surface area contributed by atoms with Gasteiger partial charge in [0.2, 0.25) is 0 Å². The zero-order valence-electron chi connectivity index (χ0n) is 7.59. The quantitative estimate of drug-likeness (QED) is 0.686. The van der Waals surface area contributed by atoms with E-state index in [0.29, 0.717) is 12.8 Å². The first-order chi connectivity index (χ1) is 6.57. The van der Waals surface area contributed by atoms with Crippen molar-refractivity contribution in [2.75, 3.05) is 0 Å². The Morgan fingerprint density at radius 3 is 2.29 bits per heavy atom. The van der Waals surface area contributed by atoms with Gasteiger partial charge >= 0.3 is 6.18 Å². The minimum absolute atomic E-state index is 0.183. The van der Waals surface area contributed by atoms with E-state index in [1.807, 2.05) is 30.3 Å². The van der Waals surface area contributed by atoms with Gasteiger partial charge in [0.1, 0.15) is 0 Å². The number of rotatable bonds is 2. The molecule has 0 bridgehead atoms. The summed E-state index contributed by atoms with van der Waals surface area (Å²) in [6.45, 7) is 0. The van der Waals surface area contributed by atoms with E-state index in [1.165, 1.54) is 0 Å². The van der Waals surface area contributed by atoms with Gasteiger partial charge < -0.3 is 0 Å². The average Bonchev–Trinajstić information content (AvgIpc) is 2.85. The second-order valence-electron chi connectivity index (χ2n) is 3.83. The highest BCUT2D eigenvalue weighted by molar-refractivity contribution is 5.17. The molecule has 0 radical (unpaired) electrons. The molecule has 76 valence electrons. The lowest BCUT2D eigenvalue weighted by atomic mass is 10.1. The van der Waals surface area contributed by atoms with E-state index in [1.54, 1.807) is 0 Å². The summed E-state index contributed by atoms with van der Waals surface area (Å²) in [5, 5.41) is 0. The Bertz CT molecular complexity index is 302. The van der Waals surface area contributed by atoms with Gasteiger partial charge in [-0.05, 0) is 24.3 Å². The van der Waals surface area contributed by atoms with E-state index in [9.17, 15) is 13.2 Å². The van der Waals surface area contributed by atoms with Crippen LogP contribution in [-0.4, -0.2) is 6.18 Å². The molecule has 2 atom stereocenters. The van der Waals surface area contributed by atoms with Crippen LogP contribution in [0.2, 0.25) is 0 Å². The van der Waals surface area contributed by atoms with Gasteiger partial charge in [0.25, 0.3) is 0 Å². The molecule has 0 nitrogen and oxygen atoms in total. The van der Waals surface area contributed by atoms with E-state index >= 15 is 0 Å². The summed E-state index contributed by atoms with van der Waals surface area (Å²) in [6.07, 6.45) is -3.12. The summed E-state index contributed by atoms with van der Waals surface area (Å²) in [7, 11) is 0. The Hall–Kier alpha value is -0.990. The lowest BCUT2D eigenvalue weighted by Gasteiger charge is -2.04. The van der Waals surface area contributed by atoms with Gasteiger partial charge in [-0.2, -0.15) is 13.2 Å². The fourth-order valence-corrected chi connectivity index (χ4v) is 1.79. The molecule has 0 unspecified atom stereocenters. The topological polar surface area (TPSA) is 0 Å². The number of hydrogen-bond acceptors (Lipinski definition) is 0. The molecular weight excluding hydrogens is 189 g/mol. The number of benzene rings is 1. The lowest BCUT2D eigenvalue weighted by molar-refractivity contribution is -0.150. The summed E-state index contributed by atoms with van der Waals surface area (Å²) >= 11 is 0. The molecule has 3 heteroatoms. The minimum atomic E-state index is -3.99. The molecule has 2 rings (SSSR count). The van der Waals surface area contributed by atoms with Crippen LogP contribution in [0.3, 0.4) is 0 Å². The molecule has 0 aromatic heterocycles. The molecule has 0 spiro atoms. The van der Waals surface area contributed by atoms with Crippen LogP contribution in [0.15, 0.2) is 30.3 Å². The SMILES string of the molecule is FC(F)(F)[C@H]1C[C@@H]1Cc1ccccc1. The molecule has 1 fully saturated rings. The molecule has 1 aliphatic carbocycles.